The number of aryl methyl sites for hydroxylation is 1. The van der Waals surface area contributed by atoms with Crippen molar-refractivity contribution in [2.24, 2.45) is 5.92 Å². The fraction of sp³-hybridized carbons (Fsp3) is 0.538. The average Bonchev–Trinajstić information content (AvgIpc) is 2.58. The molecule has 1 N–H and O–H groups in total. The molecule has 82 valence electrons. The molecule has 0 bridgehead atoms. The zero-order chi connectivity index (χ0) is 10.8. The molecule has 2 unspecified atom stereocenters. The molecule has 1 nitrogen and oxygen atoms in total. The summed E-state index contributed by atoms with van der Waals surface area (Å²) in [4.78, 5) is 0. The van der Waals surface area contributed by atoms with Crippen LogP contribution in [-0.2, 0) is 0 Å². The van der Waals surface area contributed by atoms with E-state index >= 15 is 0 Å². The van der Waals surface area contributed by atoms with Crippen LogP contribution in [0.1, 0.15) is 31.7 Å². The van der Waals surface area contributed by atoms with Crippen molar-refractivity contribution in [1.29, 1.82) is 0 Å². The second-order valence-electron chi connectivity index (χ2n) is 4.62. The first-order valence-corrected chi connectivity index (χ1v) is 6.07. The third kappa shape index (κ3) is 2.46. The Morgan fingerprint density at radius 3 is 2.80 bits per heavy atom. The minimum absolute atomic E-state index is 0.627. The molecule has 0 saturated heterocycles. The zero-order valence-corrected chi connectivity index (χ0v) is 10.1. The van der Waals surface area contributed by atoms with Gasteiger partial charge in [-0.15, -0.1) is 0 Å². The highest BCUT2D eigenvalue weighted by molar-refractivity contribution is 6.30. The van der Waals surface area contributed by atoms with Crippen LogP contribution in [0.4, 0.5) is 5.69 Å². The molecular weight excluding hydrogens is 206 g/mol. The SMILES string of the molecule is Cc1ccc(Cl)cc1NC1CCCC1C. The molecule has 1 aromatic carbocycles. The monoisotopic (exact) mass is 223 g/mol. The lowest BCUT2D eigenvalue weighted by molar-refractivity contribution is 0.556. The van der Waals surface area contributed by atoms with Crippen LogP contribution in [0.5, 0.6) is 0 Å². The van der Waals surface area contributed by atoms with Crippen LogP contribution in [0.2, 0.25) is 5.02 Å². The van der Waals surface area contributed by atoms with Crippen LogP contribution in [-0.4, -0.2) is 6.04 Å². The molecular formula is C13H18ClN. The smallest absolute Gasteiger partial charge is 0.0426 e. The summed E-state index contributed by atoms with van der Waals surface area (Å²) in [7, 11) is 0. The van der Waals surface area contributed by atoms with Crippen LogP contribution in [0, 0.1) is 12.8 Å². The first-order valence-electron chi connectivity index (χ1n) is 5.69. The van der Waals surface area contributed by atoms with E-state index < -0.39 is 0 Å². The minimum atomic E-state index is 0.627. The zero-order valence-electron chi connectivity index (χ0n) is 9.39. The largest absolute Gasteiger partial charge is 0.382 e. The second kappa shape index (κ2) is 4.44. The Hall–Kier alpha value is -0.690. The maximum absolute atomic E-state index is 6.00. The summed E-state index contributed by atoms with van der Waals surface area (Å²) in [5, 5.41) is 4.43. The fourth-order valence-electron chi connectivity index (χ4n) is 2.31. The molecule has 0 spiro atoms. The topological polar surface area (TPSA) is 12.0 Å². The molecule has 0 heterocycles. The molecule has 0 aromatic heterocycles. The van der Waals surface area contributed by atoms with E-state index in [1.165, 1.54) is 30.5 Å². The van der Waals surface area contributed by atoms with E-state index in [-0.39, 0.29) is 0 Å². The van der Waals surface area contributed by atoms with E-state index in [1.54, 1.807) is 0 Å². The predicted octanol–water partition coefficient (Wildman–Crippen LogP) is 4.25. The van der Waals surface area contributed by atoms with Gasteiger partial charge in [-0.1, -0.05) is 31.0 Å². The van der Waals surface area contributed by atoms with E-state index in [1.807, 2.05) is 12.1 Å². The Labute approximate surface area is 96.8 Å². The lowest BCUT2D eigenvalue weighted by Crippen LogP contribution is -2.22. The van der Waals surface area contributed by atoms with E-state index in [0.717, 1.165) is 10.9 Å². The van der Waals surface area contributed by atoms with Gasteiger partial charge in [0, 0.05) is 16.8 Å². The van der Waals surface area contributed by atoms with Gasteiger partial charge >= 0.3 is 0 Å². The molecule has 1 aromatic rings. The molecule has 0 aliphatic heterocycles. The van der Waals surface area contributed by atoms with Crippen molar-refractivity contribution in [3.8, 4) is 0 Å². The third-order valence-corrected chi connectivity index (χ3v) is 3.64. The van der Waals surface area contributed by atoms with Gasteiger partial charge in [0.25, 0.3) is 0 Å². The highest BCUT2D eigenvalue weighted by Gasteiger charge is 2.23. The maximum Gasteiger partial charge on any atom is 0.0426 e. The van der Waals surface area contributed by atoms with Gasteiger partial charge in [0.1, 0.15) is 0 Å². The lowest BCUT2D eigenvalue weighted by atomic mass is 10.1. The number of halogens is 1. The Balaban J connectivity index is 2.12. The minimum Gasteiger partial charge on any atom is -0.382 e. The van der Waals surface area contributed by atoms with Crippen molar-refractivity contribution < 1.29 is 0 Å². The van der Waals surface area contributed by atoms with Crippen LogP contribution in [0.15, 0.2) is 18.2 Å². The normalized spacial score (nSPS) is 25.5. The number of rotatable bonds is 2. The molecule has 1 aliphatic carbocycles. The number of anilines is 1. The molecule has 1 fully saturated rings. The summed E-state index contributed by atoms with van der Waals surface area (Å²) >= 11 is 6.00. The quantitative estimate of drug-likeness (QED) is 0.791. The van der Waals surface area contributed by atoms with Crippen molar-refractivity contribution in [3.63, 3.8) is 0 Å². The standard InChI is InChI=1S/C13H18ClN/c1-9-4-3-5-12(9)15-13-8-11(14)7-6-10(13)2/h6-9,12,15H,3-5H2,1-2H3. The Kier molecular flexibility index (Phi) is 3.20. The molecule has 2 rings (SSSR count). The van der Waals surface area contributed by atoms with Crippen molar-refractivity contribution >= 4 is 17.3 Å². The summed E-state index contributed by atoms with van der Waals surface area (Å²) in [6.45, 7) is 4.45. The van der Waals surface area contributed by atoms with Crippen LogP contribution in [0.3, 0.4) is 0 Å². The molecule has 15 heavy (non-hydrogen) atoms. The van der Waals surface area contributed by atoms with Crippen molar-refractivity contribution in [1.82, 2.24) is 0 Å². The van der Waals surface area contributed by atoms with Gasteiger partial charge < -0.3 is 5.32 Å². The highest BCUT2D eigenvalue weighted by atomic mass is 35.5. The van der Waals surface area contributed by atoms with Gasteiger partial charge in [-0.25, -0.2) is 0 Å². The van der Waals surface area contributed by atoms with Crippen LogP contribution in [0.25, 0.3) is 0 Å². The average molecular weight is 224 g/mol. The van der Waals surface area contributed by atoms with Crippen molar-refractivity contribution in [2.75, 3.05) is 5.32 Å². The molecule has 0 amide bonds. The fourth-order valence-corrected chi connectivity index (χ4v) is 2.48. The Bertz CT molecular complexity index is 348. The summed E-state index contributed by atoms with van der Waals surface area (Å²) in [6, 6.07) is 6.67. The maximum atomic E-state index is 6.00. The number of benzene rings is 1. The number of hydrogen-bond donors (Lipinski definition) is 1. The second-order valence-corrected chi connectivity index (χ2v) is 5.05. The predicted molar refractivity (Wildman–Crippen MR) is 66.6 cm³/mol. The number of nitrogens with one attached hydrogen (secondary N) is 1. The summed E-state index contributed by atoms with van der Waals surface area (Å²) < 4.78 is 0. The Morgan fingerprint density at radius 2 is 2.13 bits per heavy atom. The highest BCUT2D eigenvalue weighted by Crippen LogP contribution is 2.30. The molecule has 2 atom stereocenters. The Morgan fingerprint density at radius 1 is 1.33 bits per heavy atom. The van der Waals surface area contributed by atoms with Gasteiger partial charge in [0.15, 0.2) is 0 Å². The summed E-state index contributed by atoms with van der Waals surface area (Å²) in [5.41, 5.74) is 2.47. The van der Waals surface area contributed by atoms with E-state index in [9.17, 15) is 0 Å². The van der Waals surface area contributed by atoms with Crippen molar-refractivity contribution in [3.05, 3.63) is 28.8 Å². The van der Waals surface area contributed by atoms with Gasteiger partial charge in [0.05, 0.1) is 0 Å². The molecule has 2 heteroatoms. The van der Waals surface area contributed by atoms with Gasteiger partial charge in [-0.2, -0.15) is 0 Å². The summed E-state index contributed by atoms with van der Waals surface area (Å²) in [5.74, 6) is 0.781. The van der Waals surface area contributed by atoms with Gasteiger partial charge in [-0.05, 0) is 43.4 Å². The third-order valence-electron chi connectivity index (χ3n) is 3.40. The van der Waals surface area contributed by atoms with E-state index in [0.29, 0.717) is 6.04 Å². The lowest BCUT2D eigenvalue weighted by Gasteiger charge is -2.20. The molecule has 1 saturated carbocycles. The van der Waals surface area contributed by atoms with Crippen LogP contribution < -0.4 is 5.32 Å². The first kappa shape index (κ1) is 10.8. The van der Waals surface area contributed by atoms with E-state index in [2.05, 4.69) is 25.2 Å². The van der Waals surface area contributed by atoms with Crippen molar-refractivity contribution in [2.45, 2.75) is 39.2 Å². The first-order chi connectivity index (χ1) is 7.16. The van der Waals surface area contributed by atoms with E-state index in [4.69, 9.17) is 11.6 Å². The van der Waals surface area contributed by atoms with Crippen LogP contribution >= 0.6 is 11.6 Å². The molecule has 0 radical (unpaired) electrons. The molecule has 1 aliphatic rings. The summed E-state index contributed by atoms with van der Waals surface area (Å²) in [6.07, 6.45) is 3.98. The number of hydrogen-bond acceptors (Lipinski definition) is 1. The van der Waals surface area contributed by atoms with Gasteiger partial charge in [0.2, 0.25) is 0 Å². The van der Waals surface area contributed by atoms with Gasteiger partial charge in [-0.3, -0.25) is 0 Å².